The van der Waals surface area contributed by atoms with Crippen molar-refractivity contribution in [2.24, 2.45) is 0 Å². The molecule has 5 heteroatoms. The van der Waals surface area contributed by atoms with Gasteiger partial charge in [0.2, 0.25) is 0 Å². The molecule has 1 aromatic rings. The van der Waals surface area contributed by atoms with E-state index in [1.807, 2.05) is 6.92 Å². The van der Waals surface area contributed by atoms with E-state index < -0.39 is 0 Å². The summed E-state index contributed by atoms with van der Waals surface area (Å²) in [5, 5.41) is 13.5. The Morgan fingerprint density at radius 1 is 1.43 bits per heavy atom. The maximum Gasteiger partial charge on any atom is 0.143 e. The fourth-order valence-electron chi connectivity index (χ4n) is 1.08. The number of nitrogens with one attached hydrogen (secondary N) is 1. The Labute approximate surface area is 88.7 Å². The highest BCUT2D eigenvalue weighted by Gasteiger charge is 2.10. The van der Waals surface area contributed by atoms with Gasteiger partial charge >= 0.3 is 0 Å². The van der Waals surface area contributed by atoms with Crippen LogP contribution in [0, 0.1) is 0 Å². The second kappa shape index (κ2) is 6.06. The van der Waals surface area contributed by atoms with Crippen LogP contribution in [0.25, 0.3) is 0 Å². The minimum absolute atomic E-state index is 0.285. The Balaban J connectivity index is 2.49. The molecule has 0 radical (unpaired) electrons. The van der Waals surface area contributed by atoms with E-state index in [1.165, 1.54) is 0 Å². The molecule has 1 heterocycles. The molecule has 0 saturated carbocycles. The predicted molar refractivity (Wildman–Crippen MR) is 57.3 cm³/mol. The minimum atomic E-state index is 0.285. The van der Waals surface area contributed by atoms with E-state index in [4.69, 9.17) is 4.74 Å². The Hall–Kier alpha value is -0.520. The maximum absolute atomic E-state index is 5.26. The van der Waals surface area contributed by atoms with Crippen LogP contribution in [0.3, 0.4) is 0 Å². The molecule has 0 spiro atoms. The highest BCUT2D eigenvalue weighted by molar-refractivity contribution is 7.11. The van der Waals surface area contributed by atoms with Crippen LogP contribution < -0.4 is 5.32 Å². The first-order valence-corrected chi connectivity index (χ1v) is 5.73. The van der Waals surface area contributed by atoms with E-state index in [0.717, 1.165) is 23.2 Å². The summed E-state index contributed by atoms with van der Waals surface area (Å²) in [6.45, 7) is 8.39. The molecule has 14 heavy (non-hydrogen) atoms. The van der Waals surface area contributed by atoms with Crippen molar-refractivity contribution in [2.45, 2.75) is 33.4 Å². The average Bonchev–Trinajstić information content (AvgIpc) is 2.63. The predicted octanol–water partition coefficient (Wildman–Crippen LogP) is 1.75. The molecule has 1 rings (SSSR count). The lowest BCUT2D eigenvalue weighted by molar-refractivity contribution is 0.133. The normalized spacial score (nSPS) is 13.1. The molecular formula is C9H17N3OS. The second-order valence-electron chi connectivity index (χ2n) is 2.95. The van der Waals surface area contributed by atoms with Crippen LogP contribution in [-0.2, 0) is 11.3 Å². The number of hydrogen-bond acceptors (Lipinski definition) is 5. The van der Waals surface area contributed by atoms with E-state index in [-0.39, 0.29) is 6.04 Å². The molecule has 0 aliphatic carbocycles. The Morgan fingerprint density at radius 2 is 2.21 bits per heavy atom. The average molecular weight is 215 g/mol. The summed E-state index contributed by atoms with van der Waals surface area (Å²) in [5.41, 5.74) is 0. The third-order valence-electron chi connectivity index (χ3n) is 1.79. The lowest BCUT2D eigenvalue weighted by Crippen LogP contribution is -2.17. The highest BCUT2D eigenvalue weighted by Crippen LogP contribution is 2.17. The van der Waals surface area contributed by atoms with Crippen LogP contribution in [0.2, 0.25) is 0 Å². The zero-order chi connectivity index (χ0) is 10.4. The molecular weight excluding hydrogens is 198 g/mol. The molecule has 0 fully saturated rings. The van der Waals surface area contributed by atoms with Crippen molar-refractivity contribution in [1.29, 1.82) is 0 Å². The summed E-state index contributed by atoms with van der Waals surface area (Å²) in [6, 6.07) is 0.285. The van der Waals surface area contributed by atoms with Crippen LogP contribution in [-0.4, -0.2) is 23.3 Å². The Morgan fingerprint density at radius 3 is 2.86 bits per heavy atom. The summed E-state index contributed by atoms with van der Waals surface area (Å²) in [7, 11) is 0. The Bertz CT molecular complexity index is 264. The fraction of sp³-hybridized carbons (Fsp3) is 0.778. The van der Waals surface area contributed by atoms with Gasteiger partial charge in [-0.3, -0.25) is 0 Å². The van der Waals surface area contributed by atoms with Gasteiger partial charge in [0.25, 0.3) is 0 Å². The van der Waals surface area contributed by atoms with Gasteiger partial charge in [0.05, 0.1) is 6.04 Å². The van der Waals surface area contributed by atoms with E-state index >= 15 is 0 Å². The van der Waals surface area contributed by atoms with Crippen molar-refractivity contribution in [1.82, 2.24) is 15.5 Å². The SMILES string of the molecule is CCNC(C)c1nnc(COCC)s1. The minimum Gasteiger partial charge on any atom is -0.374 e. The zero-order valence-corrected chi connectivity index (χ0v) is 9.73. The number of hydrogen-bond donors (Lipinski definition) is 1. The number of aromatic nitrogens is 2. The molecule has 0 aliphatic heterocycles. The van der Waals surface area contributed by atoms with E-state index in [0.29, 0.717) is 6.61 Å². The maximum atomic E-state index is 5.26. The molecule has 0 aromatic carbocycles. The first kappa shape index (κ1) is 11.6. The Kier molecular flexibility index (Phi) is 5.00. The standard InChI is InChI=1S/C9H17N3OS/c1-4-10-7(3)9-12-11-8(14-9)6-13-5-2/h7,10H,4-6H2,1-3H3. The molecule has 0 saturated heterocycles. The number of rotatable bonds is 6. The molecule has 1 aromatic heterocycles. The van der Waals surface area contributed by atoms with Crippen molar-refractivity contribution in [2.75, 3.05) is 13.2 Å². The molecule has 0 bridgehead atoms. The largest absolute Gasteiger partial charge is 0.374 e. The molecule has 1 N–H and O–H groups in total. The lowest BCUT2D eigenvalue weighted by Gasteiger charge is -2.06. The van der Waals surface area contributed by atoms with Gasteiger partial charge in [-0.1, -0.05) is 18.3 Å². The van der Waals surface area contributed by atoms with Crippen molar-refractivity contribution in [3.8, 4) is 0 Å². The summed E-state index contributed by atoms with van der Waals surface area (Å²) in [5.74, 6) is 0. The molecule has 0 amide bonds. The smallest absolute Gasteiger partial charge is 0.143 e. The van der Waals surface area contributed by atoms with Crippen molar-refractivity contribution >= 4 is 11.3 Å². The monoisotopic (exact) mass is 215 g/mol. The van der Waals surface area contributed by atoms with Gasteiger partial charge in [-0.05, 0) is 20.4 Å². The van der Waals surface area contributed by atoms with Crippen LogP contribution >= 0.6 is 11.3 Å². The molecule has 1 unspecified atom stereocenters. The van der Waals surface area contributed by atoms with Crippen LogP contribution in [0.1, 0.15) is 36.8 Å². The van der Waals surface area contributed by atoms with Crippen molar-refractivity contribution in [3.05, 3.63) is 10.0 Å². The lowest BCUT2D eigenvalue weighted by atomic mass is 10.3. The van der Waals surface area contributed by atoms with Gasteiger partial charge in [-0.15, -0.1) is 10.2 Å². The quantitative estimate of drug-likeness (QED) is 0.785. The first-order valence-electron chi connectivity index (χ1n) is 4.91. The van der Waals surface area contributed by atoms with E-state index in [9.17, 15) is 0 Å². The van der Waals surface area contributed by atoms with Gasteiger partial charge in [-0.2, -0.15) is 0 Å². The summed E-state index contributed by atoms with van der Waals surface area (Å²) in [4.78, 5) is 0. The summed E-state index contributed by atoms with van der Waals surface area (Å²) >= 11 is 1.61. The molecule has 1 atom stereocenters. The third kappa shape index (κ3) is 3.32. The molecule has 0 aliphatic rings. The zero-order valence-electron chi connectivity index (χ0n) is 8.91. The first-order chi connectivity index (χ1) is 6.77. The molecule has 80 valence electrons. The second-order valence-corrected chi connectivity index (χ2v) is 4.04. The van der Waals surface area contributed by atoms with E-state index in [1.54, 1.807) is 11.3 Å². The summed E-state index contributed by atoms with van der Waals surface area (Å²) in [6.07, 6.45) is 0. The van der Waals surface area contributed by atoms with Crippen molar-refractivity contribution in [3.63, 3.8) is 0 Å². The van der Waals surface area contributed by atoms with Gasteiger partial charge in [0.15, 0.2) is 0 Å². The van der Waals surface area contributed by atoms with Crippen LogP contribution in [0.4, 0.5) is 0 Å². The summed E-state index contributed by atoms with van der Waals surface area (Å²) < 4.78 is 5.26. The highest BCUT2D eigenvalue weighted by atomic mass is 32.1. The van der Waals surface area contributed by atoms with Crippen molar-refractivity contribution < 1.29 is 4.74 Å². The fourth-order valence-corrected chi connectivity index (χ4v) is 1.89. The van der Waals surface area contributed by atoms with Gasteiger partial charge in [0, 0.05) is 6.61 Å². The number of nitrogens with zero attached hydrogens (tertiary/aromatic N) is 2. The van der Waals surface area contributed by atoms with E-state index in [2.05, 4.69) is 29.4 Å². The van der Waals surface area contributed by atoms with Gasteiger partial charge in [-0.25, -0.2) is 0 Å². The van der Waals surface area contributed by atoms with Crippen LogP contribution in [0.15, 0.2) is 0 Å². The molecule has 4 nitrogen and oxygen atoms in total. The van der Waals surface area contributed by atoms with Gasteiger partial charge < -0.3 is 10.1 Å². The van der Waals surface area contributed by atoms with Gasteiger partial charge in [0.1, 0.15) is 16.6 Å². The number of ether oxygens (including phenoxy) is 1. The third-order valence-corrected chi connectivity index (χ3v) is 2.87. The van der Waals surface area contributed by atoms with Crippen LogP contribution in [0.5, 0.6) is 0 Å². The topological polar surface area (TPSA) is 47.0 Å².